The standard InChI is InChI=1S/C15H24ClN3O4/c1-19(2)6-8-22-13-10-21-7-5-12(13)17-15(20)4-3-11-9-14(16)18-23-11/h9,12-13H,3-8,10H2,1-2H3,(H,17,20)/t12-,13-/m1/s1. The van der Waals surface area contributed by atoms with Crippen LogP contribution in [0.15, 0.2) is 10.6 Å². The van der Waals surface area contributed by atoms with E-state index in [0.29, 0.717) is 43.6 Å². The number of nitrogens with zero attached hydrogens (tertiary/aromatic N) is 2. The molecule has 1 N–H and O–H groups in total. The lowest BCUT2D eigenvalue weighted by Gasteiger charge is -2.32. The summed E-state index contributed by atoms with van der Waals surface area (Å²) in [6.45, 7) is 2.60. The highest BCUT2D eigenvalue weighted by atomic mass is 35.5. The topological polar surface area (TPSA) is 76.8 Å². The number of aryl methyl sites for hydroxylation is 1. The lowest BCUT2D eigenvalue weighted by molar-refractivity contribution is -0.126. The number of halogens is 1. The zero-order valence-electron chi connectivity index (χ0n) is 13.6. The minimum atomic E-state index is -0.104. The van der Waals surface area contributed by atoms with Crippen molar-refractivity contribution in [2.24, 2.45) is 0 Å². The Bertz CT molecular complexity index is 495. The lowest BCUT2D eigenvalue weighted by Crippen LogP contribution is -2.50. The van der Waals surface area contributed by atoms with E-state index < -0.39 is 0 Å². The maximum absolute atomic E-state index is 12.1. The average molecular weight is 346 g/mol. The molecule has 2 rings (SSSR count). The van der Waals surface area contributed by atoms with Crippen LogP contribution in [0.3, 0.4) is 0 Å². The molecule has 0 bridgehead atoms. The van der Waals surface area contributed by atoms with Gasteiger partial charge in [-0.05, 0) is 20.5 Å². The van der Waals surface area contributed by atoms with Crippen LogP contribution in [-0.2, 0) is 20.7 Å². The lowest BCUT2D eigenvalue weighted by atomic mass is 10.1. The molecule has 0 aromatic carbocycles. The first-order valence-corrected chi connectivity index (χ1v) is 8.17. The molecule has 0 unspecified atom stereocenters. The van der Waals surface area contributed by atoms with E-state index in [1.165, 1.54) is 0 Å². The van der Waals surface area contributed by atoms with Crippen LogP contribution in [0.1, 0.15) is 18.6 Å². The van der Waals surface area contributed by atoms with E-state index in [9.17, 15) is 4.79 Å². The van der Waals surface area contributed by atoms with Crippen LogP contribution in [-0.4, -0.2) is 68.6 Å². The molecule has 0 spiro atoms. The van der Waals surface area contributed by atoms with Gasteiger partial charge >= 0.3 is 0 Å². The first-order valence-electron chi connectivity index (χ1n) is 7.79. The summed E-state index contributed by atoms with van der Waals surface area (Å²) in [7, 11) is 3.99. The number of aromatic nitrogens is 1. The number of carbonyl (C=O) groups is 1. The molecule has 0 saturated carbocycles. The van der Waals surface area contributed by atoms with Gasteiger partial charge in [0.1, 0.15) is 11.9 Å². The predicted molar refractivity (Wildman–Crippen MR) is 85.5 cm³/mol. The van der Waals surface area contributed by atoms with Crippen molar-refractivity contribution in [2.45, 2.75) is 31.4 Å². The normalized spacial score (nSPS) is 21.6. The zero-order chi connectivity index (χ0) is 16.7. The quantitative estimate of drug-likeness (QED) is 0.760. The van der Waals surface area contributed by atoms with Crippen molar-refractivity contribution in [1.82, 2.24) is 15.4 Å². The molecule has 130 valence electrons. The van der Waals surface area contributed by atoms with Crippen molar-refractivity contribution in [3.63, 3.8) is 0 Å². The minimum absolute atomic E-state index is 0.0169. The molecule has 2 atom stereocenters. The zero-order valence-corrected chi connectivity index (χ0v) is 14.3. The third-order valence-corrected chi connectivity index (χ3v) is 3.83. The number of likely N-dealkylation sites (N-methyl/N-ethyl adjacent to an activating group) is 1. The monoisotopic (exact) mass is 345 g/mol. The van der Waals surface area contributed by atoms with Gasteiger partial charge in [0.15, 0.2) is 5.15 Å². The molecule has 8 heteroatoms. The molecule has 7 nitrogen and oxygen atoms in total. The SMILES string of the molecule is CN(C)CCO[C@@H]1COCC[C@H]1NC(=O)CCc1cc(Cl)no1. The predicted octanol–water partition coefficient (Wildman–Crippen LogP) is 1.11. The second kappa shape index (κ2) is 9.22. The smallest absolute Gasteiger partial charge is 0.220 e. The number of hydrogen-bond acceptors (Lipinski definition) is 6. The number of amides is 1. The summed E-state index contributed by atoms with van der Waals surface area (Å²) in [6.07, 6.45) is 1.45. The molecule has 23 heavy (non-hydrogen) atoms. The molecule has 1 aromatic heterocycles. The average Bonchev–Trinajstić information content (AvgIpc) is 2.92. The Labute approximate surface area is 141 Å². The van der Waals surface area contributed by atoms with Crippen LogP contribution in [0.2, 0.25) is 5.15 Å². The number of rotatable bonds is 8. The molecule has 1 fully saturated rings. The fraction of sp³-hybridized carbons (Fsp3) is 0.733. The van der Waals surface area contributed by atoms with Crippen LogP contribution < -0.4 is 5.32 Å². The van der Waals surface area contributed by atoms with Gasteiger partial charge in [0, 0.05) is 32.1 Å². The van der Waals surface area contributed by atoms with Gasteiger partial charge in [-0.15, -0.1) is 0 Å². The van der Waals surface area contributed by atoms with Gasteiger partial charge in [0.2, 0.25) is 5.91 Å². The van der Waals surface area contributed by atoms with E-state index in [1.54, 1.807) is 6.07 Å². The van der Waals surface area contributed by atoms with Crippen molar-refractivity contribution in [3.05, 3.63) is 17.0 Å². The van der Waals surface area contributed by atoms with Gasteiger partial charge < -0.3 is 24.2 Å². The van der Waals surface area contributed by atoms with Crippen molar-refractivity contribution in [1.29, 1.82) is 0 Å². The maximum atomic E-state index is 12.1. The summed E-state index contributed by atoms with van der Waals surface area (Å²) in [6, 6.07) is 1.60. The van der Waals surface area contributed by atoms with Gasteiger partial charge in [-0.1, -0.05) is 16.8 Å². The van der Waals surface area contributed by atoms with E-state index >= 15 is 0 Å². The highest BCUT2D eigenvalue weighted by molar-refractivity contribution is 6.29. The maximum Gasteiger partial charge on any atom is 0.220 e. The van der Waals surface area contributed by atoms with Crippen molar-refractivity contribution < 1.29 is 18.8 Å². The van der Waals surface area contributed by atoms with Crippen LogP contribution >= 0.6 is 11.6 Å². The first-order chi connectivity index (χ1) is 11.0. The summed E-state index contributed by atoms with van der Waals surface area (Å²) in [5.41, 5.74) is 0. The number of hydrogen-bond donors (Lipinski definition) is 1. The number of ether oxygens (including phenoxy) is 2. The van der Waals surface area contributed by atoms with Crippen LogP contribution in [0, 0.1) is 0 Å². The second-order valence-electron chi connectivity index (χ2n) is 5.87. The van der Waals surface area contributed by atoms with Gasteiger partial charge in [0.05, 0.1) is 19.3 Å². The highest BCUT2D eigenvalue weighted by Crippen LogP contribution is 2.13. The summed E-state index contributed by atoms with van der Waals surface area (Å²) in [5, 5.41) is 6.92. The summed E-state index contributed by atoms with van der Waals surface area (Å²) >= 11 is 5.68. The Hall–Kier alpha value is -1.15. The van der Waals surface area contributed by atoms with E-state index in [2.05, 4.69) is 15.4 Å². The molecule has 2 heterocycles. The van der Waals surface area contributed by atoms with Crippen LogP contribution in [0.5, 0.6) is 0 Å². The Kier molecular flexibility index (Phi) is 7.29. The van der Waals surface area contributed by atoms with E-state index in [-0.39, 0.29) is 18.1 Å². The van der Waals surface area contributed by atoms with Gasteiger partial charge in [0.25, 0.3) is 0 Å². The highest BCUT2D eigenvalue weighted by Gasteiger charge is 2.27. The molecule has 1 saturated heterocycles. The second-order valence-corrected chi connectivity index (χ2v) is 6.25. The fourth-order valence-electron chi connectivity index (χ4n) is 2.35. The Morgan fingerprint density at radius 1 is 1.57 bits per heavy atom. The molecular weight excluding hydrogens is 322 g/mol. The third kappa shape index (κ3) is 6.47. The van der Waals surface area contributed by atoms with Crippen molar-refractivity contribution in [3.8, 4) is 0 Å². The molecule has 1 aromatic rings. The molecular formula is C15H24ClN3O4. The van der Waals surface area contributed by atoms with Crippen molar-refractivity contribution in [2.75, 3.05) is 40.5 Å². The fourth-order valence-corrected chi connectivity index (χ4v) is 2.51. The molecule has 0 radical (unpaired) electrons. The van der Waals surface area contributed by atoms with Gasteiger partial charge in [-0.25, -0.2) is 0 Å². The van der Waals surface area contributed by atoms with E-state index in [4.69, 9.17) is 25.6 Å². The largest absolute Gasteiger partial charge is 0.379 e. The molecule has 1 amide bonds. The van der Waals surface area contributed by atoms with E-state index in [0.717, 1.165) is 13.0 Å². The number of carbonyl (C=O) groups excluding carboxylic acids is 1. The summed E-state index contributed by atoms with van der Waals surface area (Å²) < 4.78 is 16.3. The van der Waals surface area contributed by atoms with Gasteiger partial charge in [-0.3, -0.25) is 4.79 Å². The molecule has 0 aliphatic carbocycles. The Morgan fingerprint density at radius 3 is 3.09 bits per heavy atom. The molecule has 1 aliphatic rings. The summed E-state index contributed by atoms with van der Waals surface area (Å²) in [4.78, 5) is 14.2. The van der Waals surface area contributed by atoms with Crippen molar-refractivity contribution >= 4 is 17.5 Å². The number of nitrogens with one attached hydrogen (secondary N) is 1. The third-order valence-electron chi connectivity index (χ3n) is 3.65. The molecule has 1 aliphatic heterocycles. The minimum Gasteiger partial charge on any atom is -0.379 e. The Morgan fingerprint density at radius 2 is 2.39 bits per heavy atom. The van der Waals surface area contributed by atoms with Gasteiger partial charge in [-0.2, -0.15) is 0 Å². The van der Waals surface area contributed by atoms with Crippen LogP contribution in [0.25, 0.3) is 0 Å². The Balaban J connectivity index is 1.74. The first kappa shape index (κ1) is 18.2. The van der Waals surface area contributed by atoms with Crippen LogP contribution in [0.4, 0.5) is 0 Å². The van der Waals surface area contributed by atoms with E-state index in [1.807, 2.05) is 14.1 Å². The summed E-state index contributed by atoms with van der Waals surface area (Å²) in [5.74, 6) is 0.571.